The zero-order chi connectivity index (χ0) is 23.5. The maximum Gasteiger partial charge on any atom is 0.290 e. The van der Waals surface area contributed by atoms with Crippen molar-refractivity contribution in [1.82, 2.24) is 9.13 Å². The number of halogens is 1. The summed E-state index contributed by atoms with van der Waals surface area (Å²) in [4.78, 5) is 13.4. The Labute approximate surface area is 203 Å². The van der Waals surface area contributed by atoms with Crippen LogP contribution in [0.1, 0.15) is 5.56 Å². The van der Waals surface area contributed by atoms with Crippen LogP contribution < -0.4 is 10.3 Å². The summed E-state index contributed by atoms with van der Waals surface area (Å²) in [6.07, 6.45) is 0. The van der Waals surface area contributed by atoms with E-state index in [0.29, 0.717) is 22.8 Å². The van der Waals surface area contributed by atoms with Crippen LogP contribution >= 0.6 is 28.1 Å². The summed E-state index contributed by atoms with van der Waals surface area (Å²) in [5.74, 6) is 0.240. The van der Waals surface area contributed by atoms with Crippen LogP contribution in [0.3, 0.4) is 0 Å². The molecule has 0 radical (unpaired) electrons. The van der Waals surface area contributed by atoms with Gasteiger partial charge < -0.3 is 9.84 Å². The lowest BCUT2D eigenvalue weighted by atomic mass is 10.2. The first-order valence-corrected chi connectivity index (χ1v) is 11.1. The summed E-state index contributed by atoms with van der Waals surface area (Å²) < 4.78 is 8.85. The molecule has 0 aliphatic rings. The van der Waals surface area contributed by atoms with E-state index >= 15 is 0 Å². The van der Waals surface area contributed by atoms with Gasteiger partial charge >= 0.3 is 0 Å². The van der Waals surface area contributed by atoms with Crippen molar-refractivity contribution >= 4 is 39.5 Å². The first-order valence-electron chi connectivity index (χ1n) is 9.89. The number of nitrogens with zero attached hydrogens (tertiary/aromatic N) is 4. The quantitative estimate of drug-likeness (QED) is 0.237. The Morgan fingerprint density at radius 1 is 0.879 bits per heavy atom. The number of benzene rings is 3. The molecule has 166 valence electrons. The maximum atomic E-state index is 13.4. The average Bonchev–Trinajstić information content (AvgIpc) is 2.82. The molecular weight excluding hydrogens is 504 g/mol. The Balaban J connectivity index is 1.97. The highest BCUT2D eigenvalue weighted by Gasteiger charge is 2.19. The van der Waals surface area contributed by atoms with Gasteiger partial charge in [0.15, 0.2) is 4.77 Å². The van der Waals surface area contributed by atoms with Gasteiger partial charge in [-0.15, -0.1) is 5.11 Å². The van der Waals surface area contributed by atoms with E-state index in [2.05, 4.69) is 26.2 Å². The Kier molecular flexibility index (Phi) is 6.52. The lowest BCUT2D eigenvalue weighted by Crippen LogP contribution is -2.23. The monoisotopic (exact) mass is 522 g/mol. The molecule has 0 fully saturated rings. The molecule has 7 nitrogen and oxygen atoms in total. The van der Waals surface area contributed by atoms with Crippen molar-refractivity contribution in [2.45, 2.75) is 6.92 Å². The van der Waals surface area contributed by atoms with Gasteiger partial charge in [0.1, 0.15) is 5.75 Å². The van der Waals surface area contributed by atoms with Crippen LogP contribution in [0.5, 0.6) is 11.6 Å². The summed E-state index contributed by atoms with van der Waals surface area (Å²) in [6.45, 7) is 1.96. The van der Waals surface area contributed by atoms with E-state index in [4.69, 9.17) is 17.0 Å². The zero-order valence-corrected chi connectivity index (χ0v) is 20.2. The minimum absolute atomic E-state index is 0.0827. The van der Waals surface area contributed by atoms with Crippen molar-refractivity contribution in [2.75, 3.05) is 7.11 Å². The Morgan fingerprint density at radius 2 is 1.45 bits per heavy atom. The fraction of sp³-hybridized carbons (Fsp3) is 0.0833. The van der Waals surface area contributed by atoms with Crippen LogP contribution in [0, 0.1) is 11.7 Å². The van der Waals surface area contributed by atoms with Gasteiger partial charge in [0.05, 0.1) is 24.2 Å². The first-order chi connectivity index (χ1) is 15.9. The Bertz CT molecular complexity index is 1440. The molecule has 0 aliphatic carbocycles. The number of aromatic hydroxyl groups is 1. The van der Waals surface area contributed by atoms with Crippen LogP contribution in [0.4, 0.5) is 11.4 Å². The summed E-state index contributed by atoms with van der Waals surface area (Å²) in [7, 11) is 1.56. The van der Waals surface area contributed by atoms with Crippen LogP contribution in [-0.2, 0) is 0 Å². The summed E-state index contributed by atoms with van der Waals surface area (Å²) >= 11 is 9.03. The van der Waals surface area contributed by atoms with Gasteiger partial charge in [-0.2, -0.15) is 5.11 Å². The van der Waals surface area contributed by atoms with E-state index in [1.165, 1.54) is 9.13 Å². The van der Waals surface area contributed by atoms with E-state index < -0.39 is 11.4 Å². The predicted octanol–water partition coefficient (Wildman–Crippen LogP) is 6.56. The van der Waals surface area contributed by atoms with Crippen molar-refractivity contribution in [1.29, 1.82) is 0 Å². The molecule has 1 aromatic heterocycles. The molecule has 1 heterocycles. The normalized spacial score (nSPS) is 11.1. The van der Waals surface area contributed by atoms with E-state index in [1.807, 2.05) is 31.2 Å². The van der Waals surface area contributed by atoms with Gasteiger partial charge in [0.2, 0.25) is 11.6 Å². The van der Waals surface area contributed by atoms with Gasteiger partial charge in [-0.1, -0.05) is 33.6 Å². The van der Waals surface area contributed by atoms with E-state index in [1.54, 1.807) is 55.6 Å². The molecule has 0 spiro atoms. The topological polar surface area (TPSA) is 81.1 Å². The highest BCUT2D eigenvalue weighted by atomic mass is 79.9. The number of rotatable bonds is 5. The molecule has 0 aliphatic heterocycles. The number of hydrogen-bond acceptors (Lipinski definition) is 6. The molecule has 0 amide bonds. The number of azo groups is 1. The van der Waals surface area contributed by atoms with Gasteiger partial charge in [-0.25, -0.2) is 0 Å². The summed E-state index contributed by atoms with van der Waals surface area (Å²) in [6, 6.07) is 21.4. The smallest absolute Gasteiger partial charge is 0.290 e. The Hall–Kier alpha value is -3.56. The molecule has 33 heavy (non-hydrogen) atoms. The lowest BCUT2D eigenvalue weighted by Gasteiger charge is -2.16. The minimum Gasteiger partial charge on any atom is -0.497 e. The summed E-state index contributed by atoms with van der Waals surface area (Å²) in [5.41, 5.74) is 1.86. The second-order valence-electron chi connectivity index (χ2n) is 7.14. The number of hydrogen-bond donors (Lipinski definition) is 1. The van der Waals surface area contributed by atoms with Crippen LogP contribution in [0.2, 0.25) is 0 Å². The van der Waals surface area contributed by atoms with E-state index in [9.17, 15) is 9.90 Å². The third-order valence-corrected chi connectivity index (χ3v) is 5.82. The van der Waals surface area contributed by atoms with Gasteiger partial charge in [-0.3, -0.25) is 13.9 Å². The third-order valence-electron chi connectivity index (χ3n) is 4.93. The van der Waals surface area contributed by atoms with Crippen molar-refractivity contribution in [3.05, 3.63) is 98.0 Å². The molecule has 9 heteroatoms. The molecule has 0 bridgehead atoms. The Morgan fingerprint density at radius 3 is 2.06 bits per heavy atom. The van der Waals surface area contributed by atoms with Gasteiger partial charge in [0.25, 0.3) is 5.56 Å². The third kappa shape index (κ3) is 4.64. The van der Waals surface area contributed by atoms with Crippen LogP contribution in [-0.4, -0.2) is 21.4 Å². The largest absolute Gasteiger partial charge is 0.497 e. The first kappa shape index (κ1) is 22.6. The molecule has 0 atom stereocenters. The molecule has 4 aromatic rings. The number of aryl methyl sites for hydroxylation is 1. The molecule has 0 saturated heterocycles. The predicted molar refractivity (Wildman–Crippen MR) is 133 cm³/mol. The molecule has 4 rings (SSSR count). The fourth-order valence-electron chi connectivity index (χ4n) is 3.17. The molecule has 0 saturated carbocycles. The standard InChI is InChI=1S/C24H19BrN4O3S/c1-15-3-7-17(8-4-15)26-27-21-22(30)28(18-9-5-16(25)6-10-18)24(33)29(23(21)31)19-11-13-20(32-2)14-12-19/h3-14,30H,1-2H3. The van der Waals surface area contributed by atoms with Crippen molar-refractivity contribution < 1.29 is 9.84 Å². The van der Waals surface area contributed by atoms with E-state index in [-0.39, 0.29) is 10.5 Å². The lowest BCUT2D eigenvalue weighted by molar-refractivity contribution is 0.414. The van der Waals surface area contributed by atoms with E-state index in [0.717, 1.165) is 10.0 Å². The maximum absolute atomic E-state index is 13.4. The summed E-state index contributed by atoms with van der Waals surface area (Å²) in [5, 5.41) is 19.3. The van der Waals surface area contributed by atoms with Gasteiger partial charge in [0, 0.05) is 4.47 Å². The second kappa shape index (κ2) is 9.51. The zero-order valence-electron chi connectivity index (χ0n) is 17.8. The minimum atomic E-state index is -0.591. The van der Waals surface area contributed by atoms with Gasteiger partial charge in [-0.05, 0) is 79.8 Å². The average molecular weight is 523 g/mol. The molecule has 0 unspecified atom stereocenters. The van der Waals surface area contributed by atoms with Crippen LogP contribution in [0.15, 0.2) is 92.3 Å². The molecule has 3 aromatic carbocycles. The highest BCUT2D eigenvalue weighted by Crippen LogP contribution is 2.30. The molecular formula is C24H19BrN4O3S. The fourth-order valence-corrected chi connectivity index (χ4v) is 3.82. The SMILES string of the molecule is COc1ccc(-n2c(=O)c(N=Nc3ccc(C)cc3)c(O)n(-c3ccc(Br)cc3)c2=S)cc1. The van der Waals surface area contributed by atoms with Crippen LogP contribution in [0.25, 0.3) is 11.4 Å². The van der Waals surface area contributed by atoms with Crippen molar-refractivity contribution in [3.63, 3.8) is 0 Å². The van der Waals surface area contributed by atoms with Crippen molar-refractivity contribution in [3.8, 4) is 23.0 Å². The number of aromatic nitrogens is 2. The second-order valence-corrected chi connectivity index (χ2v) is 8.42. The number of methoxy groups -OCH3 is 1. The number of ether oxygens (including phenoxy) is 1. The molecule has 1 N–H and O–H groups in total. The van der Waals surface area contributed by atoms with Crippen molar-refractivity contribution in [2.24, 2.45) is 10.2 Å². The highest BCUT2D eigenvalue weighted by molar-refractivity contribution is 9.10.